The molecule has 0 saturated carbocycles. The summed E-state index contributed by atoms with van der Waals surface area (Å²) in [7, 11) is 0. The van der Waals surface area contributed by atoms with Crippen LogP contribution in [0.25, 0.3) is 5.57 Å². The van der Waals surface area contributed by atoms with Crippen molar-refractivity contribution < 1.29 is 18.0 Å². The van der Waals surface area contributed by atoms with Gasteiger partial charge in [0.15, 0.2) is 0 Å². The van der Waals surface area contributed by atoms with Gasteiger partial charge in [-0.1, -0.05) is 49.4 Å². The molecule has 120 valence electrons. The van der Waals surface area contributed by atoms with Gasteiger partial charge in [0, 0.05) is 11.8 Å². The number of rotatable bonds is 4. The van der Waals surface area contributed by atoms with Crippen LogP contribution in [0.15, 0.2) is 60.7 Å². The molecule has 0 aliphatic carbocycles. The Balaban J connectivity index is 2.23. The van der Waals surface area contributed by atoms with E-state index in [0.717, 1.165) is 12.0 Å². The molecule has 0 spiro atoms. The van der Waals surface area contributed by atoms with Crippen LogP contribution in [0.3, 0.4) is 0 Å². The summed E-state index contributed by atoms with van der Waals surface area (Å²) in [6, 6.07) is 14.2. The lowest BCUT2D eigenvalue weighted by atomic mass is 10.1. The molecule has 0 radical (unpaired) electrons. The van der Waals surface area contributed by atoms with Gasteiger partial charge in [-0.25, -0.2) is 0 Å². The van der Waals surface area contributed by atoms with Crippen LogP contribution in [0.4, 0.5) is 18.9 Å². The molecule has 0 bridgehead atoms. The summed E-state index contributed by atoms with van der Waals surface area (Å²) in [5.41, 5.74) is 0.522. The maximum Gasteiger partial charge on any atom is 0.417 e. The predicted octanol–water partition coefficient (Wildman–Crippen LogP) is 4.83. The minimum absolute atomic E-state index is 0.0449. The van der Waals surface area contributed by atoms with Crippen molar-refractivity contribution in [1.29, 1.82) is 0 Å². The fourth-order valence-corrected chi connectivity index (χ4v) is 2.08. The number of nitrogens with one attached hydrogen (secondary N) is 1. The zero-order valence-corrected chi connectivity index (χ0v) is 12.5. The molecule has 0 saturated heterocycles. The molecule has 0 aliphatic heterocycles. The number of allylic oxidation sites excluding steroid dienone is 1. The first-order chi connectivity index (χ1) is 10.9. The summed E-state index contributed by atoms with van der Waals surface area (Å²) < 4.78 is 39.5. The third-order valence-corrected chi connectivity index (χ3v) is 3.30. The SMILES string of the molecule is CCc1ccc(NC(=O)/C=C(/c2ccccc2)C(F)(F)F)cc1. The van der Waals surface area contributed by atoms with Gasteiger partial charge in [-0.3, -0.25) is 4.79 Å². The Morgan fingerprint density at radius 3 is 2.17 bits per heavy atom. The standard InChI is InChI=1S/C18H16F3NO/c1-2-13-8-10-15(11-9-13)22-17(23)12-16(18(19,20)21)14-6-4-3-5-7-14/h3-12H,2H2,1H3,(H,22,23)/b16-12-. The molecule has 0 fully saturated rings. The molecule has 23 heavy (non-hydrogen) atoms. The number of alkyl halides is 3. The molecule has 1 amide bonds. The maximum absolute atomic E-state index is 13.2. The van der Waals surface area contributed by atoms with Crippen molar-refractivity contribution in [3.63, 3.8) is 0 Å². The fourth-order valence-electron chi connectivity index (χ4n) is 2.08. The van der Waals surface area contributed by atoms with E-state index in [-0.39, 0.29) is 5.56 Å². The van der Waals surface area contributed by atoms with E-state index >= 15 is 0 Å². The van der Waals surface area contributed by atoms with Crippen LogP contribution in [0, 0.1) is 0 Å². The summed E-state index contributed by atoms with van der Waals surface area (Å²) in [6.07, 6.45) is -3.17. The molecule has 0 aromatic heterocycles. The Morgan fingerprint density at radius 1 is 1.04 bits per heavy atom. The highest BCUT2D eigenvalue weighted by molar-refractivity contribution is 6.04. The quantitative estimate of drug-likeness (QED) is 0.803. The number of amides is 1. The third kappa shape index (κ3) is 4.71. The van der Waals surface area contributed by atoms with Crippen molar-refractivity contribution in [1.82, 2.24) is 0 Å². The molecule has 2 rings (SSSR count). The smallest absolute Gasteiger partial charge is 0.323 e. The molecule has 2 aromatic rings. The Hall–Kier alpha value is -2.56. The molecule has 2 nitrogen and oxygen atoms in total. The van der Waals surface area contributed by atoms with Gasteiger partial charge in [-0.2, -0.15) is 13.2 Å². The Kier molecular flexibility index (Phi) is 5.21. The predicted molar refractivity (Wildman–Crippen MR) is 84.9 cm³/mol. The van der Waals surface area contributed by atoms with E-state index < -0.39 is 17.7 Å². The number of anilines is 1. The monoisotopic (exact) mass is 319 g/mol. The fraction of sp³-hybridized carbons (Fsp3) is 0.167. The number of carbonyl (C=O) groups is 1. The minimum atomic E-state index is -4.61. The van der Waals surface area contributed by atoms with Crippen molar-refractivity contribution in [3.05, 3.63) is 71.8 Å². The largest absolute Gasteiger partial charge is 0.417 e. The van der Waals surface area contributed by atoms with E-state index in [0.29, 0.717) is 11.8 Å². The lowest BCUT2D eigenvalue weighted by Gasteiger charge is -2.12. The first-order valence-electron chi connectivity index (χ1n) is 7.14. The van der Waals surface area contributed by atoms with Crippen molar-refractivity contribution in [3.8, 4) is 0 Å². The van der Waals surface area contributed by atoms with Gasteiger partial charge in [-0.15, -0.1) is 0 Å². The number of aryl methyl sites for hydroxylation is 1. The Labute approximate surface area is 132 Å². The second-order valence-corrected chi connectivity index (χ2v) is 4.96. The van der Waals surface area contributed by atoms with Crippen LogP contribution in [-0.4, -0.2) is 12.1 Å². The lowest BCUT2D eigenvalue weighted by molar-refractivity contribution is -0.112. The first-order valence-corrected chi connectivity index (χ1v) is 7.14. The van der Waals surface area contributed by atoms with Gasteiger partial charge in [0.1, 0.15) is 0 Å². The highest BCUT2D eigenvalue weighted by atomic mass is 19.4. The number of carbonyl (C=O) groups excluding carboxylic acids is 1. The molecule has 0 unspecified atom stereocenters. The molecule has 2 aromatic carbocycles. The van der Waals surface area contributed by atoms with E-state index in [4.69, 9.17) is 0 Å². The van der Waals surface area contributed by atoms with Crippen molar-refractivity contribution in [2.24, 2.45) is 0 Å². The van der Waals surface area contributed by atoms with E-state index in [1.807, 2.05) is 19.1 Å². The molecule has 0 heterocycles. The lowest BCUT2D eigenvalue weighted by Crippen LogP contribution is -2.16. The molecule has 0 aliphatic rings. The highest BCUT2D eigenvalue weighted by Crippen LogP contribution is 2.33. The Morgan fingerprint density at radius 2 is 1.65 bits per heavy atom. The topological polar surface area (TPSA) is 29.1 Å². The van der Waals surface area contributed by atoms with Crippen molar-refractivity contribution >= 4 is 17.2 Å². The van der Waals surface area contributed by atoms with Crippen molar-refractivity contribution in [2.75, 3.05) is 5.32 Å². The average Bonchev–Trinajstić information content (AvgIpc) is 2.53. The van der Waals surface area contributed by atoms with Crippen LogP contribution in [0.5, 0.6) is 0 Å². The first kappa shape index (κ1) is 16.8. The third-order valence-electron chi connectivity index (χ3n) is 3.30. The summed E-state index contributed by atoms with van der Waals surface area (Å²) in [4.78, 5) is 11.9. The summed E-state index contributed by atoms with van der Waals surface area (Å²) in [6.45, 7) is 1.99. The van der Waals surface area contributed by atoms with Crippen LogP contribution in [0.2, 0.25) is 0 Å². The van der Waals surface area contributed by atoms with Gasteiger partial charge >= 0.3 is 6.18 Å². The van der Waals surface area contributed by atoms with E-state index in [2.05, 4.69) is 5.32 Å². The van der Waals surface area contributed by atoms with E-state index in [9.17, 15) is 18.0 Å². The number of hydrogen-bond donors (Lipinski definition) is 1. The zero-order chi connectivity index (χ0) is 16.9. The molecule has 5 heteroatoms. The highest BCUT2D eigenvalue weighted by Gasteiger charge is 2.35. The molecular formula is C18H16F3NO. The molecule has 1 N–H and O–H groups in total. The molecular weight excluding hydrogens is 303 g/mol. The van der Waals surface area contributed by atoms with Crippen LogP contribution in [-0.2, 0) is 11.2 Å². The summed E-state index contributed by atoms with van der Waals surface area (Å²) >= 11 is 0. The summed E-state index contributed by atoms with van der Waals surface area (Å²) in [5, 5.41) is 2.45. The number of halogens is 3. The van der Waals surface area contributed by atoms with Gasteiger partial charge < -0.3 is 5.32 Å². The van der Waals surface area contributed by atoms with Gasteiger partial charge in [0.25, 0.3) is 0 Å². The van der Waals surface area contributed by atoms with Gasteiger partial charge in [-0.05, 0) is 29.7 Å². The second-order valence-electron chi connectivity index (χ2n) is 4.96. The minimum Gasteiger partial charge on any atom is -0.323 e. The maximum atomic E-state index is 13.2. The second kappa shape index (κ2) is 7.13. The Bertz CT molecular complexity index is 688. The van der Waals surface area contributed by atoms with Gasteiger partial charge in [0.2, 0.25) is 5.91 Å². The van der Waals surface area contributed by atoms with Crippen LogP contribution in [0.1, 0.15) is 18.1 Å². The number of benzene rings is 2. The zero-order valence-electron chi connectivity index (χ0n) is 12.5. The van der Waals surface area contributed by atoms with Crippen LogP contribution >= 0.6 is 0 Å². The van der Waals surface area contributed by atoms with Crippen molar-refractivity contribution in [2.45, 2.75) is 19.5 Å². The normalized spacial score (nSPS) is 12.1. The summed E-state index contributed by atoms with van der Waals surface area (Å²) in [5.74, 6) is -0.814. The molecule has 0 atom stereocenters. The van der Waals surface area contributed by atoms with Crippen LogP contribution < -0.4 is 5.32 Å². The number of hydrogen-bond acceptors (Lipinski definition) is 1. The van der Waals surface area contributed by atoms with E-state index in [1.165, 1.54) is 24.3 Å². The van der Waals surface area contributed by atoms with E-state index in [1.54, 1.807) is 18.2 Å². The van der Waals surface area contributed by atoms with Gasteiger partial charge in [0.05, 0.1) is 5.57 Å². The average molecular weight is 319 g/mol.